The molecule has 2 aromatic rings. The van der Waals surface area contributed by atoms with Gasteiger partial charge >= 0.3 is 0 Å². The predicted octanol–water partition coefficient (Wildman–Crippen LogP) is 1.62. The number of fused-ring (bicyclic) bond motifs is 1. The fourth-order valence-corrected chi connectivity index (χ4v) is 1.52. The van der Waals surface area contributed by atoms with Gasteiger partial charge in [0.05, 0.1) is 0 Å². The van der Waals surface area contributed by atoms with Crippen molar-refractivity contribution >= 4 is 17.0 Å². The second kappa shape index (κ2) is 4.55. The Bertz CT molecular complexity index is 548. The van der Waals surface area contributed by atoms with E-state index in [1.165, 1.54) is 11.9 Å². The number of carbonyl (C=O) groups excluding carboxylic acids is 1. The molecule has 1 aromatic carbocycles. The van der Waals surface area contributed by atoms with Gasteiger partial charge in [0.25, 0.3) is 0 Å². The monoisotopic (exact) mass is 233 g/mol. The number of amides is 1. The van der Waals surface area contributed by atoms with Crippen molar-refractivity contribution in [2.24, 2.45) is 0 Å². The molecule has 0 saturated carbocycles. The molecule has 0 fully saturated rings. The summed E-state index contributed by atoms with van der Waals surface area (Å²) in [5.41, 5.74) is 5.67. The molecule has 5 nitrogen and oxygen atoms in total. The molecular formula is C12H15N3O2. The number of hydrogen-bond donors (Lipinski definition) is 1. The first-order chi connectivity index (χ1) is 8.06. The van der Waals surface area contributed by atoms with Crippen LogP contribution in [0, 0.1) is 6.92 Å². The van der Waals surface area contributed by atoms with Crippen LogP contribution in [0.4, 0.5) is 0 Å². The third-order valence-corrected chi connectivity index (χ3v) is 2.55. The fourth-order valence-electron chi connectivity index (χ4n) is 1.52. The van der Waals surface area contributed by atoms with Crippen LogP contribution in [0.2, 0.25) is 0 Å². The molecule has 0 spiro atoms. The van der Waals surface area contributed by atoms with Gasteiger partial charge in [-0.15, -0.1) is 0 Å². The number of oxazole rings is 1. The van der Waals surface area contributed by atoms with Crippen LogP contribution in [0.3, 0.4) is 0 Å². The van der Waals surface area contributed by atoms with Crippen LogP contribution in [-0.2, 0) is 11.3 Å². The van der Waals surface area contributed by atoms with Crippen molar-refractivity contribution in [1.29, 1.82) is 0 Å². The standard InChI is InChI=1S/C12H15N3O2/c1-8-14-11-6-10(4-5-12(11)17-8)7-13-15(3)9(2)16/h4-6,13H,7H2,1-3H3. The minimum atomic E-state index is -0.0247. The van der Waals surface area contributed by atoms with Gasteiger partial charge in [0.2, 0.25) is 5.91 Å². The Hall–Kier alpha value is -1.88. The summed E-state index contributed by atoms with van der Waals surface area (Å²) in [6.45, 7) is 3.91. The molecule has 1 heterocycles. The van der Waals surface area contributed by atoms with E-state index in [9.17, 15) is 4.79 Å². The zero-order valence-corrected chi connectivity index (χ0v) is 10.2. The summed E-state index contributed by atoms with van der Waals surface area (Å²) in [5.74, 6) is 0.634. The molecule has 0 saturated heterocycles. The Morgan fingerprint density at radius 2 is 2.29 bits per heavy atom. The summed E-state index contributed by atoms with van der Waals surface area (Å²) in [6, 6.07) is 5.79. The first kappa shape index (κ1) is 11.6. The van der Waals surface area contributed by atoms with Gasteiger partial charge in [0.15, 0.2) is 11.5 Å². The second-order valence-corrected chi connectivity index (χ2v) is 3.95. The summed E-state index contributed by atoms with van der Waals surface area (Å²) >= 11 is 0. The van der Waals surface area contributed by atoms with Crippen molar-refractivity contribution in [3.63, 3.8) is 0 Å². The molecular weight excluding hydrogens is 218 g/mol. The number of hydrogen-bond acceptors (Lipinski definition) is 4. The third-order valence-electron chi connectivity index (χ3n) is 2.55. The first-order valence-corrected chi connectivity index (χ1v) is 5.40. The van der Waals surface area contributed by atoms with Crippen LogP contribution in [0.15, 0.2) is 22.6 Å². The quantitative estimate of drug-likeness (QED) is 0.818. The SMILES string of the molecule is CC(=O)N(C)NCc1ccc2oc(C)nc2c1. The molecule has 90 valence electrons. The van der Waals surface area contributed by atoms with E-state index in [-0.39, 0.29) is 5.91 Å². The molecule has 0 unspecified atom stereocenters. The molecule has 1 N–H and O–H groups in total. The van der Waals surface area contributed by atoms with Crippen LogP contribution < -0.4 is 5.43 Å². The number of benzene rings is 1. The lowest BCUT2D eigenvalue weighted by molar-refractivity contribution is -0.130. The zero-order chi connectivity index (χ0) is 12.4. The van der Waals surface area contributed by atoms with Crippen molar-refractivity contribution in [1.82, 2.24) is 15.4 Å². The maximum absolute atomic E-state index is 11.0. The van der Waals surface area contributed by atoms with Gasteiger partial charge in [-0.3, -0.25) is 9.80 Å². The molecule has 0 aliphatic rings. The normalized spacial score (nSPS) is 10.8. The summed E-state index contributed by atoms with van der Waals surface area (Å²) in [5, 5.41) is 1.46. The number of nitrogens with one attached hydrogen (secondary N) is 1. The van der Waals surface area contributed by atoms with E-state index in [0.717, 1.165) is 16.7 Å². The first-order valence-electron chi connectivity index (χ1n) is 5.40. The second-order valence-electron chi connectivity index (χ2n) is 3.95. The number of nitrogens with zero attached hydrogens (tertiary/aromatic N) is 2. The van der Waals surface area contributed by atoms with Crippen molar-refractivity contribution in [2.45, 2.75) is 20.4 Å². The Labute approximate surface area is 99.4 Å². The Kier molecular flexibility index (Phi) is 3.10. The van der Waals surface area contributed by atoms with E-state index in [0.29, 0.717) is 12.4 Å². The Morgan fingerprint density at radius 3 is 3.00 bits per heavy atom. The number of hydrazine groups is 1. The Morgan fingerprint density at radius 1 is 1.53 bits per heavy atom. The van der Waals surface area contributed by atoms with Gasteiger partial charge < -0.3 is 4.42 Å². The largest absolute Gasteiger partial charge is 0.441 e. The van der Waals surface area contributed by atoms with Crippen LogP contribution in [0.1, 0.15) is 18.4 Å². The van der Waals surface area contributed by atoms with Gasteiger partial charge in [0.1, 0.15) is 5.52 Å². The average molecular weight is 233 g/mol. The molecule has 1 amide bonds. The number of rotatable bonds is 3. The van der Waals surface area contributed by atoms with Crippen LogP contribution in [0.5, 0.6) is 0 Å². The lowest BCUT2D eigenvalue weighted by Crippen LogP contribution is -2.37. The summed E-state index contributed by atoms with van der Waals surface area (Å²) in [4.78, 5) is 15.3. The molecule has 1 aromatic heterocycles. The molecule has 0 radical (unpaired) electrons. The van der Waals surface area contributed by atoms with Crippen LogP contribution in [-0.4, -0.2) is 22.9 Å². The molecule has 0 atom stereocenters. The molecule has 0 aliphatic carbocycles. The van der Waals surface area contributed by atoms with E-state index in [1.54, 1.807) is 7.05 Å². The van der Waals surface area contributed by atoms with Gasteiger partial charge in [0, 0.05) is 27.4 Å². The average Bonchev–Trinajstić information content (AvgIpc) is 2.64. The molecule has 0 bridgehead atoms. The van der Waals surface area contributed by atoms with Gasteiger partial charge in [-0.2, -0.15) is 0 Å². The van der Waals surface area contributed by atoms with E-state index in [1.807, 2.05) is 25.1 Å². The number of aromatic nitrogens is 1. The maximum atomic E-state index is 11.0. The van der Waals surface area contributed by atoms with Crippen molar-refractivity contribution in [2.75, 3.05) is 7.05 Å². The highest BCUT2D eigenvalue weighted by atomic mass is 16.3. The topological polar surface area (TPSA) is 58.4 Å². The van der Waals surface area contributed by atoms with E-state index in [4.69, 9.17) is 4.42 Å². The van der Waals surface area contributed by atoms with Crippen molar-refractivity contribution < 1.29 is 9.21 Å². The minimum Gasteiger partial charge on any atom is -0.441 e. The zero-order valence-electron chi connectivity index (χ0n) is 10.2. The van der Waals surface area contributed by atoms with Crippen LogP contribution >= 0.6 is 0 Å². The smallest absolute Gasteiger partial charge is 0.233 e. The highest BCUT2D eigenvalue weighted by molar-refractivity contribution is 5.73. The number of aryl methyl sites for hydroxylation is 1. The molecule has 5 heteroatoms. The molecule has 17 heavy (non-hydrogen) atoms. The van der Waals surface area contributed by atoms with E-state index < -0.39 is 0 Å². The molecule has 2 rings (SSSR count). The lowest BCUT2D eigenvalue weighted by Gasteiger charge is -2.15. The molecule has 0 aliphatic heterocycles. The highest BCUT2D eigenvalue weighted by Gasteiger charge is 2.05. The van der Waals surface area contributed by atoms with Crippen molar-refractivity contribution in [3.05, 3.63) is 29.7 Å². The summed E-state index contributed by atoms with van der Waals surface area (Å²) in [6.07, 6.45) is 0. The fraction of sp³-hybridized carbons (Fsp3) is 0.333. The van der Waals surface area contributed by atoms with Gasteiger partial charge in [-0.05, 0) is 17.7 Å². The van der Waals surface area contributed by atoms with E-state index in [2.05, 4.69) is 10.4 Å². The van der Waals surface area contributed by atoms with Crippen LogP contribution in [0.25, 0.3) is 11.1 Å². The minimum absolute atomic E-state index is 0.0247. The van der Waals surface area contributed by atoms with Crippen molar-refractivity contribution in [3.8, 4) is 0 Å². The number of carbonyl (C=O) groups is 1. The summed E-state index contributed by atoms with van der Waals surface area (Å²) < 4.78 is 5.39. The summed E-state index contributed by atoms with van der Waals surface area (Å²) in [7, 11) is 1.70. The Balaban J connectivity index is 2.11. The lowest BCUT2D eigenvalue weighted by atomic mass is 10.2. The predicted molar refractivity (Wildman–Crippen MR) is 64.0 cm³/mol. The van der Waals surface area contributed by atoms with Gasteiger partial charge in [-0.1, -0.05) is 6.07 Å². The third kappa shape index (κ3) is 2.62. The van der Waals surface area contributed by atoms with Gasteiger partial charge in [-0.25, -0.2) is 10.4 Å². The maximum Gasteiger partial charge on any atom is 0.233 e. The van der Waals surface area contributed by atoms with E-state index >= 15 is 0 Å². The highest BCUT2D eigenvalue weighted by Crippen LogP contribution is 2.16.